The third kappa shape index (κ3) is 4.70. The second kappa shape index (κ2) is 9.68. The highest BCUT2D eigenvalue weighted by atomic mass is 32.2. The number of amides is 1. The van der Waals surface area contributed by atoms with Crippen molar-refractivity contribution in [2.75, 3.05) is 11.9 Å². The van der Waals surface area contributed by atoms with Gasteiger partial charge in [0.15, 0.2) is 5.16 Å². The number of hydrogen-bond donors (Lipinski definition) is 2. The molecular weight excluding hydrogens is 462 g/mol. The first-order valence-electron chi connectivity index (χ1n) is 11.0. The molecule has 0 saturated heterocycles. The van der Waals surface area contributed by atoms with Crippen LogP contribution in [0.3, 0.4) is 0 Å². The lowest BCUT2D eigenvalue weighted by Crippen LogP contribution is -2.27. The monoisotopic (exact) mass is 489 g/mol. The number of thiophene rings is 1. The molecule has 176 valence electrons. The summed E-state index contributed by atoms with van der Waals surface area (Å²) < 4.78 is 6.47. The number of rotatable bonds is 7. The number of esters is 1. The number of fused-ring (bicyclic) bond motifs is 3. The lowest BCUT2D eigenvalue weighted by atomic mass is 9.89. The molecule has 0 fully saturated rings. The van der Waals surface area contributed by atoms with Crippen LogP contribution in [0.2, 0.25) is 0 Å². The van der Waals surface area contributed by atoms with Crippen LogP contribution in [0.15, 0.2) is 16.1 Å². The number of thioether (sulfide) groups is 1. The number of nitrogens with one attached hydrogen (secondary N) is 2. The number of anilines is 1. The summed E-state index contributed by atoms with van der Waals surface area (Å²) in [5.41, 5.74) is 1.17. The molecule has 1 amide bonds. The molecule has 3 heterocycles. The SMILES string of the molecule is CCOC(=O)c1cnn(C)c1NC(=O)C(CC)Sc1nc2sc3c(c2c(=O)[nH]1)CCC(C)C3. The minimum atomic E-state index is -0.547. The van der Waals surface area contributed by atoms with Gasteiger partial charge in [0, 0.05) is 11.9 Å². The van der Waals surface area contributed by atoms with E-state index in [1.807, 2.05) is 6.92 Å². The molecule has 3 aromatic rings. The molecule has 0 radical (unpaired) electrons. The number of hydrogen-bond acceptors (Lipinski definition) is 8. The van der Waals surface area contributed by atoms with E-state index in [4.69, 9.17) is 4.74 Å². The number of carbonyl (C=O) groups is 2. The van der Waals surface area contributed by atoms with Crippen LogP contribution in [0.4, 0.5) is 5.82 Å². The Bertz CT molecular complexity index is 1260. The van der Waals surface area contributed by atoms with Crippen molar-refractivity contribution in [1.82, 2.24) is 19.7 Å². The summed E-state index contributed by atoms with van der Waals surface area (Å²) in [6, 6.07) is 0. The first-order valence-corrected chi connectivity index (χ1v) is 12.7. The van der Waals surface area contributed by atoms with E-state index >= 15 is 0 Å². The van der Waals surface area contributed by atoms with Gasteiger partial charge >= 0.3 is 5.97 Å². The Balaban J connectivity index is 1.56. The number of aromatic amines is 1. The summed E-state index contributed by atoms with van der Waals surface area (Å²) in [7, 11) is 1.64. The number of H-pyrrole nitrogens is 1. The Hall–Kier alpha value is -2.66. The Kier molecular flexibility index (Phi) is 6.89. The lowest BCUT2D eigenvalue weighted by molar-refractivity contribution is -0.115. The van der Waals surface area contributed by atoms with E-state index in [1.54, 1.807) is 25.3 Å². The zero-order valence-electron chi connectivity index (χ0n) is 19.1. The zero-order chi connectivity index (χ0) is 23.7. The van der Waals surface area contributed by atoms with Crippen molar-refractivity contribution in [1.29, 1.82) is 0 Å². The van der Waals surface area contributed by atoms with Crippen molar-refractivity contribution in [3.05, 3.63) is 32.6 Å². The van der Waals surface area contributed by atoms with Gasteiger partial charge in [-0.15, -0.1) is 11.3 Å². The number of nitrogens with zero attached hydrogens (tertiary/aromatic N) is 3. The molecule has 2 atom stereocenters. The van der Waals surface area contributed by atoms with Crippen molar-refractivity contribution in [2.24, 2.45) is 13.0 Å². The predicted molar refractivity (Wildman–Crippen MR) is 129 cm³/mol. The molecule has 0 spiro atoms. The van der Waals surface area contributed by atoms with Gasteiger partial charge in [0.25, 0.3) is 5.56 Å². The molecule has 0 aromatic carbocycles. The van der Waals surface area contributed by atoms with Crippen LogP contribution < -0.4 is 10.9 Å². The van der Waals surface area contributed by atoms with E-state index in [2.05, 4.69) is 27.3 Å². The van der Waals surface area contributed by atoms with Crippen molar-refractivity contribution < 1.29 is 14.3 Å². The molecule has 0 bridgehead atoms. The molecule has 1 aliphatic carbocycles. The fourth-order valence-corrected chi connectivity index (χ4v) is 6.32. The van der Waals surface area contributed by atoms with Crippen molar-refractivity contribution >= 4 is 51.0 Å². The number of carbonyl (C=O) groups excluding carboxylic acids is 2. The van der Waals surface area contributed by atoms with Gasteiger partial charge < -0.3 is 15.0 Å². The molecule has 0 aliphatic heterocycles. The average Bonchev–Trinajstić information content (AvgIpc) is 3.32. The van der Waals surface area contributed by atoms with E-state index in [9.17, 15) is 14.4 Å². The van der Waals surface area contributed by atoms with Crippen LogP contribution in [0.5, 0.6) is 0 Å². The maximum Gasteiger partial charge on any atom is 0.343 e. The summed E-state index contributed by atoms with van der Waals surface area (Å²) in [5, 5.41) is 7.43. The van der Waals surface area contributed by atoms with Crippen LogP contribution in [-0.2, 0) is 29.4 Å². The number of aromatic nitrogens is 4. The number of ether oxygens (including phenoxy) is 1. The maximum absolute atomic E-state index is 13.0. The van der Waals surface area contributed by atoms with E-state index in [-0.39, 0.29) is 29.5 Å². The van der Waals surface area contributed by atoms with Gasteiger partial charge in [0.05, 0.1) is 23.4 Å². The fraction of sp³-hybridized carbons (Fsp3) is 0.500. The summed E-state index contributed by atoms with van der Waals surface area (Å²) in [6.07, 6.45) is 4.83. The second-order valence-corrected chi connectivity index (χ2v) is 10.4. The van der Waals surface area contributed by atoms with Gasteiger partial charge in [-0.1, -0.05) is 25.6 Å². The Morgan fingerprint density at radius 3 is 2.94 bits per heavy atom. The summed E-state index contributed by atoms with van der Waals surface area (Å²) in [6.45, 7) is 6.05. The first kappa shape index (κ1) is 23.5. The highest BCUT2D eigenvalue weighted by Gasteiger charge is 2.26. The molecule has 9 nitrogen and oxygen atoms in total. The molecule has 0 saturated carbocycles. The molecule has 2 N–H and O–H groups in total. The van der Waals surface area contributed by atoms with Gasteiger partial charge in [-0.05, 0) is 44.1 Å². The van der Waals surface area contributed by atoms with Crippen LogP contribution in [0.25, 0.3) is 10.2 Å². The van der Waals surface area contributed by atoms with Crippen molar-refractivity contribution in [3.63, 3.8) is 0 Å². The normalized spacial score (nSPS) is 16.4. The van der Waals surface area contributed by atoms with Crippen molar-refractivity contribution in [3.8, 4) is 0 Å². The van der Waals surface area contributed by atoms with Crippen LogP contribution in [0, 0.1) is 5.92 Å². The van der Waals surface area contributed by atoms with Gasteiger partial charge in [-0.3, -0.25) is 14.3 Å². The van der Waals surface area contributed by atoms with Crippen LogP contribution in [-0.4, -0.2) is 43.5 Å². The standard InChI is InChI=1S/C22H27N5O4S2/c1-5-14(18(28)24-17-13(10-23-27(17)4)21(30)31-6-2)33-22-25-19(29)16-12-8-7-11(3)9-15(12)32-20(16)26-22/h10-11,14H,5-9H2,1-4H3,(H,24,28)(H,25,26,29). The van der Waals surface area contributed by atoms with E-state index in [0.29, 0.717) is 22.9 Å². The van der Waals surface area contributed by atoms with Gasteiger partial charge in [-0.2, -0.15) is 5.10 Å². The first-order chi connectivity index (χ1) is 15.8. The Labute approximate surface area is 199 Å². The van der Waals surface area contributed by atoms with Gasteiger partial charge in [0.2, 0.25) is 5.91 Å². The molecular formula is C22H27N5O4S2. The van der Waals surface area contributed by atoms with E-state index in [1.165, 1.54) is 27.5 Å². The molecule has 1 aliphatic rings. The Morgan fingerprint density at radius 2 is 2.21 bits per heavy atom. The third-order valence-corrected chi connectivity index (χ3v) is 8.13. The highest BCUT2D eigenvalue weighted by Crippen LogP contribution is 2.36. The van der Waals surface area contributed by atoms with Crippen molar-refractivity contribution in [2.45, 2.75) is 56.9 Å². The number of aryl methyl sites for hydroxylation is 2. The summed E-state index contributed by atoms with van der Waals surface area (Å²) in [5.74, 6) is 0.0281. The largest absolute Gasteiger partial charge is 0.462 e. The minimum absolute atomic E-state index is 0.152. The topological polar surface area (TPSA) is 119 Å². The fourth-order valence-electron chi connectivity index (χ4n) is 3.98. The van der Waals surface area contributed by atoms with Gasteiger partial charge in [-0.25, -0.2) is 9.78 Å². The lowest BCUT2D eigenvalue weighted by Gasteiger charge is -2.17. The predicted octanol–water partition coefficient (Wildman–Crippen LogP) is 3.53. The molecule has 33 heavy (non-hydrogen) atoms. The maximum atomic E-state index is 13.0. The average molecular weight is 490 g/mol. The smallest absolute Gasteiger partial charge is 0.343 e. The zero-order valence-corrected chi connectivity index (χ0v) is 20.7. The molecule has 4 rings (SSSR count). The Morgan fingerprint density at radius 1 is 1.42 bits per heavy atom. The van der Waals surface area contributed by atoms with E-state index in [0.717, 1.165) is 29.7 Å². The minimum Gasteiger partial charge on any atom is -0.462 e. The van der Waals surface area contributed by atoms with E-state index < -0.39 is 11.2 Å². The van der Waals surface area contributed by atoms with Gasteiger partial charge in [0.1, 0.15) is 16.2 Å². The summed E-state index contributed by atoms with van der Waals surface area (Å²) >= 11 is 2.79. The second-order valence-electron chi connectivity index (χ2n) is 8.16. The molecule has 2 unspecified atom stereocenters. The molecule has 3 aromatic heterocycles. The summed E-state index contributed by atoms with van der Waals surface area (Å²) in [4.78, 5) is 47.6. The quantitative estimate of drug-likeness (QED) is 0.296. The van der Waals surface area contributed by atoms with Crippen LogP contribution >= 0.6 is 23.1 Å². The highest BCUT2D eigenvalue weighted by molar-refractivity contribution is 8.00. The van der Waals surface area contributed by atoms with Crippen LogP contribution in [0.1, 0.15) is 54.4 Å². The third-order valence-electron chi connectivity index (χ3n) is 5.74. The molecule has 11 heteroatoms.